The first-order valence-corrected chi connectivity index (χ1v) is 3.62. The smallest absolute Gasteiger partial charge is 0.287 e. The minimum absolute atomic E-state index is 0.329. The summed E-state index contributed by atoms with van der Waals surface area (Å²) in [6.45, 7) is 5.83. The summed E-state index contributed by atoms with van der Waals surface area (Å²) in [5.74, 6) is 0. The molecule has 0 radical (unpaired) electrons. The van der Waals surface area contributed by atoms with Crippen LogP contribution in [0.4, 0.5) is 0 Å². The Bertz CT molecular complexity index is 143. The average molecular weight is 142 g/mol. The molecule has 1 rings (SSSR count). The van der Waals surface area contributed by atoms with Crippen LogP contribution in [0.15, 0.2) is 4.99 Å². The van der Waals surface area contributed by atoms with Crippen molar-refractivity contribution in [2.75, 3.05) is 20.2 Å². The van der Waals surface area contributed by atoms with E-state index < -0.39 is 0 Å². The van der Waals surface area contributed by atoms with Crippen molar-refractivity contribution in [2.45, 2.75) is 19.9 Å². The molecule has 0 aromatic heterocycles. The van der Waals surface area contributed by atoms with Gasteiger partial charge in [0.2, 0.25) is 0 Å². The second-order valence-corrected chi connectivity index (χ2v) is 2.78. The molecule has 0 aromatic carbocycles. The summed E-state index contributed by atoms with van der Waals surface area (Å²) in [5, 5.41) is 0. The molecule has 0 aromatic rings. The van der Waals surface area contributed by atoms with Crippen molar-refractivity contribution in [1.29, 1.82) is 0 Å². The monoisotopic (exact) mass is 142 g/mol. The van der Waals surface area contributed by atoms with E-state index in [1.807, 2.05) is 25.8 Å². The summed E-state index contributed by atoms with van der Waals surface area (Å²) < 4.78 is 5.25. The van der Waals surface area contributed by atoms with Gasteiger partial charge in [0.1, 0.15) is 6.61 Å². The first-order valence-electron chi connectivity index (χ1n) is 3.62. The number of hydrogen-bond acceptors (Lipinski definition) is 2. The highest BCUT2D eigenvalue weighted by molar-refractivity contribution is 5.75. The van der Waals surface area contributed by atoms with Gasteiger partial charge in [-0.3, -0.25) is 0 Å². The van der Waals surface area contributed by atoms with E-state index in [9.17, 15) is 0 Å². The SMILES string of the molecule is CC(C)/N=C1\OCCN1C. The molecule has 0 bridgehead atoms. The normalized spacial score (nSPS) is 22.4. The summed E-state index contributed by atoms with van der Waals surface area (Å²) in [6, 6.07) is 1.12. The van der Waals surface area contributed by atoms with Crippen LogP contribution >= 0.6 is 0 Å². The van der Waals surface area contributed by atoms with E-state index in [0.29, 0.717) is 6.04 Å². The summed E-state index contributed by atoms with van der Waals surface area (Å²) in [4.78, 5) is 6.31. The molecule has 0 N–H and O–H groups in total. The van der Waals surface area contributed by atoms with E-state index in [-0.39, 0.29) is 0 Å². The molecule has 0 unspecified atom stereocenters. The number of nitrogens with zero attached hydrogens (tertiary/aromatic N) is 2. The highest BCUT2D eigenvalue weighted by Crippen LogP contribution is 2.01. The zero-order valence-corrected chi connectivity index (χ0v) is 6.79. The molecule has 58 valence electrons. The van der Waals surface area contributed by atoms with Gasteiger partial charge >= 0.3 is 0 Å². The van der Waals surface area contributed by atoms with Crippen LogP contribution in [0.1, 0.15) is 13.8 Å². The van der Waals surface area contributed by atoms with E-state index in [2.05, 4.69) is 4.99 Å². The molecular formula is C7H14N2O. The van der Waals surface area contributed by atoms with Gasteiger partial charge in [-0.2, -0.15) is 0 Å². The predicted octanol–water partition coefficient (Wildman–Crippen LogP) is 0.713. The Labute approximate surface area is 61.7 Å². The van der Waals surface area contributed by atoms with Crippen LogP contribution in [0.5, 0.6) is 0 Å². The fourth-order valence-electron chi connectivity index (χ4n) is 0.836. The molecule has 0 amide bonds. The van der Waals surface area contributed by atoms with Crippen molar-refractivity contribution in [3.63, 3.8) is 0 Å². The Morgan fingerprint density at radius 2 is 2.30 bits per heavy atom. The molecule has 3 nitrogen and oxygen atoms in total. The number of rotatable bonds is 1. The van der Waals surface area contributed by atoms with Gasteiger partial charge < -0.3 is 9.64 Å². The molecule has 1 saturated heterocycles. The van der Waals surface area contributed by atoms with E-state index in [1.54, 1.807) is 0 Å². The Balaban J connectivity index is 2.54. The van der Waals surface area contributed by atoms with Gasteiger partial charge in [0, 0.05) is 13.1 Å². The van der Waals surface area contributed by atoms with Gasteiger partial charge in [0.25, 0.3) is 6.02 Å². The number of hydrogen-bond donors (Lipinski definition) is 0. The number of likely N-dealkylation sites (N-methyl/N-ethyl adjacent to an activating group) is 1. The molecule has 10 heavy (non-hydrogen) atoms. The quantitative estimate of drug-likeness (QED) is 0.538. The fourth-order valence-corrected chi connectivity index (χ4v) is 0.836. The van der Waals surface area contributed by atoms with E-state index in [0.717, 1.165) is 19.2 Å². The maximum absolute atomic E-state index is 5.25. The third-order valence-corrected chi connectivity index (χ3v) is 1.35. The lowest BCUT2D eigenvalue weighted by molar-refractivity contribution is 0.349. The number of aliphatic imine (C=N–C) groups is 1. The van der Waals surface area contributed by atoms with E-state index in [4.69, 9.17) is 4.74 Å². The molecule has 0 spiro atoms. The summed E-state index contributed by atoms with van der Waals surface area (Å²) in [7, 11) is 1.99. The van der Waals surface area contributed by atoms with Crippen molar-refractivity contribution >= 4 is 6.02 Å². The fraction of sp³-hybridized carbons (Fsp3) is 0.857. The summed E-state index contributed by atoms with van der Waals surface area (Å²) >= 11 is 0. The molecule has 1 aliphatic heterocycles. The lowest BCUT2D eigenvalue weighted by atomic mass is 10.4. The molecule has 1 fully saturated rings. The lowest BCUT2D eigenvalue weighted by Crippen LogP contribution is -2.21. The largest absolute Gasteiger partial charge is 0.463 e. The first-order chi connectivity index (χ1) is 4.70. The van der Waals surface area contributed by atoms with Gasteiger partial charge in [0.15, 0.2) is 0 Å². The number of ether oxygens (including phenoxy) is 1. The molecule has 0 saturated carbocycles. The highest BCUT2D eigenvalue weighted by Gasteiger charge is 2.15. The minimum Gasteiger partial charge on any atom is -0.463 e. The van der Waals surface area contributed by atoms with Crippen LogP contribution in [0.2, 0.25) is 0 Å². The molecular weight excluding hydrogens is 128 g/mol. The second-order valence-electron chi connectivity index (χ2n) is 2.78. The molecule has 0 aliphatic carbocycles. The average Bonchev–Trinajstić information content (AvgIpc) is 2.15. The van der Waals surface area contributed by atoms with Crippen molar-refractivity contribution < 1.29 is 4.74 Å². The Morgan fingerprint density at radius 1 is 1.60 bits per heavy atom. The zero-order chi connectivity index (χ0) is 7.56. The van der Waals surface area contributed by atoms with Gasteiger partial charge in [0.05, 0.1) is 6.54 Å². The Morgan fingerprint density at radius 3 is 2.70 bits per heavy atom. The van der Waals surface area contributed by atoms with Crippen LogP contribution in [0, 0.1) is 0 Å². The van der Waals surface area contributed by atoms with Crippen LogP contribution in [-0.2, 0) is 4.74 Å². The second kappa shape index (κ2) is 2.90. The van der Waals surface area contributed by atoms with Crippen molar-refractivity contribution in [3.8, 4) is 0 Å². The third kappa shape index (κ3) is 1.62. The maximum atomic E-state index is 5.25. The van der Waals surface area contributed by atoms with Crippen LogP contribution < -0.4 is 0 Å². The summed E-state index contributed by atoms with van der Waals surface area (Å²) in [5.41, 5.74) is 0. The lowest BCUT2D eigenvalue weighted by Gasteiger charge is -2.08. The van der Waals surface area contributed by atoms with Crippen molar-refractivity contribution in [2.24, 2.45) is 4.99 Å². The predicted molar refractivity (Wildman–Crippen MR) is 41.2 cm³/mol. The standard InChI is InChI=1S/C7H14N2O/c1-6(2)8-7-9(3)4-5-10-7/h6H,4-5H2,1-3H3/b8-7-. The zero-order valence-electron chi connectivity index (χ0n) is 6.79. The highest BCUT2D eigenvalue weighted by atomic mass is 16.5. The maximum Gasteiger partial charge on any atom is 0.287 e. The topological polar surface area (TPSA) is 24.8 Å². The molecule has 3 heteroatoms. The van der Waals surface area contributed by atoms with Crippen molar-refractivity contribution in [1.82, 2.24) is 4.90 Å². The van der Waals surface area contributed by atoms with Gasteiger partial charge in [-0.25, -0.2) is 4.99 Å². The van der Waals surface area contributed by atoms with E-state index in [1.165, 1.54) is 0 Å². The third-order valence-electron chi connectivity index (χ3n) is 1.35. The van der Waals surface area contributed by atoms with Gasteiger partial charge in [-0.05, 0) is 13.8 Å². The molecule has 1 aliphatic rings. The van der Waals surface area contributed by atoms with Crippen LogP contribution in [0.25, 0.3) is 0 Å². The van der Waals surface area contributed by atoms with E-state index >= 15 is 0 Å². The minimum atomic E-state index is 0.329. The first kappa shape index (κ1) is 7.38. The van der Waals surface area contributed by atoms with Crippen LogP contribution in [0.3, 0.4) is 0 Å². The summed E-state index contributed by atoms with van der Waals surface area (Å²) in [6.07, 6.45) is 0. The number of amidine groups is 1. The Kier molecular flexibility index (Phi) is 2.14. The van der Waals surface area contributed by atoms with Crippen molar-refractivity contribution in [3.05, 3.63) is 0 Å². The Hall–Kier alpha value is -0.730. The van der Waals surface area contributed by atoms with Gasteiger partial charge in [-0.15, -0.1) is 0 Å². The van der Waals surface area contributed by atoms with Gasteiger partial charge in [-0.1, -0.05) is 0 Å². The molecule has 1 heterocycles. The van der Waals surface area contributed by atoms with Crippen LogP contribution in [-0.4, -0.2) is 37.2 Å². The molecule has 0 atom stereocenters.